The molecule has 1 N–H and O–H groups in total. The van der Waals surface area contributed by atoms with Crippen LogP contribution in [0.5, 0.6) is 0 Å². The van der Waals surface area contributed by atoms with Crippen molar-refractivity contribution in [2.75, 3.05) is 0 Å². The molecule has 59 valence electrons. The lowest BCUT2D eigenvalue weighted by molar-refractivity contribution is 0.169. The lowest BCUT2D eigenvalue weighted by Crippen LogP contribution is -1.97. The second-order valence-corrected chi connectivity index (χ2v) is 2.37. The minimum Gasteiger partial charge on any atom is -0.388 e. The van der Waals surface area contributed by atoms with Gasteiger partial charge in [0, 0.05) is 5.56 Å². The number of aliphatic hydroxyl groups excluding tert-OH is 1. The van der Waals surface area contributed by atoms with E-state index in [9.17, 15) is 9.50 Å². The summed E-state index contributed by atoms with van der Waals surface area (Å²) in [5.41, 5.74) is 0.353. The van der Waals surface area contributed by atoms with Gasteiger partial charge < -0.3 is 5.11 Å². The topological polar surface area (TPSA) is 20.2 Å². The third-order valence-corrected chi connectivity index (χ3v) is 1.59. The first-order chi connectivity index (χ1) is 5.25. The quantitative estimate of drug-likeness (QED) is 0.689. The van der Waals surface area contributed by atoms with Crippen LogP contribution in [0.25, 0.3) is 0 Å². The van der Waals surface area contributed by atoms with E-state index in [0.29, 0.717) is 12.0 Å². The summed E-state index contributed by atoms with van der Waals surface area (Å²) in [4.78, 5) is 0. The lowest BCUT2D eigenvalue weighted by atomic mass is 10.1. The van der Waals surface area contributed by atoms with Crippen LogP contribution >= 0.6 is 0 Å². The molecule has 1 aromatic carbocycles. The van der Waals surface area contributed by atoms with Gasteiger partial charge in [-0.05, 0) is 18.6 Å². The fourth-order valence-electron chi connectivity index (χ4n) is 0.912. The Morgan fingerprint density at radius 1 is 1.73 bits per heavy atom. The largest absolute Gasteiger partial charge is 0.388 e. The summed E-state index contributed by atoms with van der Waals surface area (Å²) in [7, 11) is 0. The van der Waals surface area contributed by atoms with E-state index in [1.54, 1.807) is 19.1 Å². The smallest absolute Gasteiger partial charge is 0.129 e. The maximum Gasteiger partial charge on any atom is 0.129 e. The van der Waals surface area contributed by atoms with Crippen molar-refractivity contribution in [1.82, 2.24) is 0 Å². The number of rotatable bonds is 2. The zero-order valence-electron chi connectivity index (χ0n) is 6.34. The third kappa shape index (κ3) is 1.77. The Bertz CT molecular complexity index is 235. The van der Waals surface area contributed by atoms with Crippen LogP contribution in [0.3, 0.4) is 0 Å². The first kappa shape index (κ1) is 8.21. The van der Waals surface area contributed by atoms with Gasteiger partial charge in [0.05, 0.1) is 6.10 Å². The number of hydrogen-bond acceptors (Lipinski definition) is 1. The molecule has 2 heteroatoms. The van der Waals surface area contributed by atoms with Gasteiger partial charge in [-0.3, -0.25) is 0 Å². The molecule has 0 aliphatic rings. The van der Waals surface area contributed by atoms with Crippen molar-refractivity contribution in [2.24, 2.45) is 0 Å². The minimum absolute atomic E-state index is 0.353. The van der Waals surface area contributed by atoms with Crippen LogP contribution in [0.1, 0.15) is 25.0 Å². The molecule has 1 rings (SSSR count). The zero-order chi connectivity index (χ0) is 8.27. The molecule has 1 unspecified atom stereocenters. The van der Waals surface area contributed by atoms with E-state index >= 15 is 0 Å². The highest BCUT2D eigenvalue weighted by atomic mass is 19.1. The van der Waals surface area contributed by atoms with Crippen LogP contribution in [0.2, 0.25) is 0 Å². The minimum atomic E-state index is -0.690. The summed E-state index contributed by atoms with van der Waals surface area (Å²) in [6.07, 6.45) is -0.161. The second-order valence-electron chi connectivity index (χ2n) is 2.37. The van der Waals surface area contributed by atoms with Gasteiger partial charge in [-0.15, -0.1) is 0 Å². The lowest BCUT2D eigenvalue weighted by Gasteiger charge is -2.07. The van der Waals surface area contributed by atoms with Crippen LogP contribution in [0.4, 0.5) is 4.39 Å². The Kier molecular flexibility index (Phi) is 2.60. The molecular weight excluding hydrogens is 143 g/mol. The van der Waals surface area contributed by atoms with Crippen molar-refractivity contribution >= 4 is 0 Å². The van der Waals surface area contributed by atoms with Gasteiger partial charge in [0.1, 0.15) is 5.82 Å². The first-order valence-corrected chi connectivity index (χ1v) is 3.59. The van der Waals surface area contributed by atoms with Crippen LogP contribution in [-0.4, -0.2) is 5.11 Å². The molecule has 11 heavy (non-hydrogen) atoms. The van der Waals surface area contributed by atoms with Crippen molar-refractivity contribution in [3.8, 4) is 0 Å². The highest BCUT2D eigenvalue weighted by molar-refractivity contribution is 5.18. The average molecular weight is 153 g/mol. The SMILES string of the molecule is CCC(O)c1cc[c]cc1F. The van der Waals surface area contributed by atoms with Crippen LogP contribution < -0.4 is 0 Å². The fourth-order valence-corrected chi connectivity index (χ4v) is 0.912. The molecule has 0 spiro atoms. The Labute approximate surface area is 65.5 Å². The van der Waals surface area contributed by atoms with Crippen molar-refractivity contribution in [1.29, 1.82) is 0 Å². The van der Waals surface area contributed by atoms with Crippen molar-refractivity contribution in [3.63, 3.8) is 0 Å². The summed E-state index contributed by atoms with van der Waals surface area (Å²) in [6.45, 7) is 1.81. The van der Waals surface area contributed by atoms with Gasteiger partial charge in [-0.1, -0.05) is 19.1 Å². The Hall–Kier alpha value is -0.890. The van der Waals surface area contributed by atoms with E-state index < -0.39 is 6.10 Å². The number of benzene rings is 1. The summed E-state index contributed by atoms with van der Waals surface area (Å²) in [5, 5.41) is 9.26. The summed E-state index contributed by atoms with van der Waals surface area (Å²) >= 11 is 0. The Balaban J connectivity index is 2.93. The van der Waals surface area contributed by atoms with Gasteiger partial charge in [0.2, 0.25) is 0 Å². The normalized spacial score (nSPS) is 13.0. The van der Waals surface area contributed by atoms with E-state index in [1.165, 1.54) is 6.07 Å². The zero-order valence-corrected chi connectivity index (χ0v) is 6.34. The predicted molar refractivity (Wildman–Crippen MR) is 40.5 cm³/mol. The maximum atomic E-state index is 12.8. The third-order valence-electron chi connectivity index (χ3n) is 1.59. The van der Waals surface area contributed by atoms with E-state index in [0.717, 1.165) is 0 Å². The van der Waals surface area contributed by atoms with E-state index in [1.807, 2.05) is 0 Å². The van der Waals surface area contributed by atoms with E-state index in [4.69, 9.17) is 0 Å². The summed E-state index contributed by atoms with van der Waals surface area (Å²) < 4.78 is 12.8. The highest BCUT2D eigenvalue weighted by Crippen LogP contribution is 2.18. The summed E-state index contributed by atoms with van der Waals surface area (Å²) in [6, 6.07) is 6.96. The molecule has 0 aliphatic heterocycles. The Morgan fingerprint density at radius 2 is 2.45 bits per heavy atom. The van der Waals surface area contributed by atoms with Crippen molar-refractivity contribution in [3.05, 3.63) is 35.6 Å². The van der Waals surface area contributed by atoms with Gasteiger partial charge in [-0.25, -0.2) is 4.39 Å². The van der Waals surface area contributed by atoms with Gasteiger partial charge in [0.15, 0.2) is 0 Å². The van der Waals surface area contributed by atoms with Gasteiger partial charge >= 0.3 is 0 Å². The maximum absolute atomic E-state index is 12.8. The molecule has 0 fully saturated rings. The Morgan fingerprint density at radius 3 is 3.00 bits per heavy atom. The highest BCUT2D eigenvalue weighted by Gasteiger charge is 2.08. The molecule has 0 amide bonds. The number of hydrogen-bond donors (Lipinski definition) is 1. The molecule has 0 heterocycles. The molecule has 0 aromatic heterocycles. The van der Waals surface area contributed by atoms with Crippen LogP contribution in [-0.2, 0) is 0 Å². The predicted octanol–water partition coefficient (Wildman–Crippen LogP) is 2.07. The fraction of sp³-hybridized carbons (Fsp3) is 0.333. The molecule has 1 radical (unpaired) electrons. The van der Waals surface area contributed by atoms with Crippen LogP contribution in [0.15, 0.2) is 18.2 Å². The standard InChI is InChI=1S/C9H10FO/c1-2-9(11)7-5-3-4-6-8(7)10/h3,5-6,9,11H,2H2,1H3. The molecule has 1 nitrogen and oxygen atoms in total. The molecule has 0 saturated heterocycles. The first-order valence-electron chi connectivity index (χ1n) is 3.59. The molecule has 1 atom stereocenters. The monoisotopic (exact) mass is 153 g/mol. The van der Waals surface area contributed by atoms with Gasteiger partial charge in [-0.2, -0.15) is 0 Å². The second kappa shape index (κ2) is 3.49. The molecule has 1 aromatic rings. The number of aliphatic hydroxyl groups is 1. The van der Waals surface area contributed by atoms with Crippen LogP contribution in [0, 0.1) is 11.9 Å². The van der Waals surface area contributed by atoms with Crippen molar-refractivity contribution < 1.29 is 9.50 Å². The molecule has 0 saturated carbocycles. The average Bonchev–Trinajstić information content (AvgIpc) is 2.04. The van der Waals surface area contributed by atoms with Gasteiger partial charge in [0.25, 0.3) is 0 Å². The van der Waals surface area contributed by atoms with Crippen molar-refractivity contribution in [2.45, 2.75) is 19.4 Å². The molecule has 0 aliphatic carbocycles. The van der Waals surface area contributed by atoms with E-state index in [2.05, 4.69) is 6.07 Å². The summed E-state index contributed by atoms with van der Waals surface area (Å²) in [5.74, 6) is -0.387. The molecular formula is C9H10FO. The molecule has 0 bridgehead atoms. The number of halogens is 1. The van der Waals surface area contributed by atoms with E-state index in [-0.39, 0.29) is 5.82 Å².